The number of hydrogen-bond acceptors (Lipinski definition) is 4. The molecule has 7 heteroatoms. The van der Waals surface area contributed by atoms with E-state index in [0.717, 1.165) is 273 Å². The Bertz CT molecular complexity index is 8700. The third-order valence-corrected chi connectivity index (χ3v) is 30.8. The lowest BCUT2D eigenvalue weighted by Crippen LogP contribution is -2.61. The monoisotopic (exact) mass is 1860 g/mol. The molecule has 0 N–H and O–H groups in total. The summed E-state index contributed by atoms with van der Waals surface area (Å²) in [6.45, 7) is -0.459. The molecule has 4 aliphatic heterocycles. The van der Waals surface area contributed by atoms with E-state index in [1.165, 1.54) is 0 Å². The highest BCUT2D eigenvalue weighted by molar-refractivity contribution is 7.00. The molecule has 6 nitrogen and oxygen atoms in total. The second kappa shape index (κ2) is 34.1. The van der Waals surface area contributed by atoms with E-state index >= 15 is 0 Å². The minimum atomic E-state index is -0.869. The van der Waals surface area contributed by atoms with E-state index in [1.807, 2.05) is 0 Å². The molecule has 0 saturated carbocycles. The molecule has 6 heterocycles. The van der Waals surface area contributed by atoms with Crippen LogP contribution in [0.25, 0.3) is 177 Å². The zero-order chi connectivity index (χ0) is 96.0. The van der Waals surface area contributed by atoms with Crippen molar-refractivity contribution in [2.75, 3.05) is 9.80 Å². The van der Waals surface area contributed by atoms with Crippen molar-refractivity contribution in [1.82, 2.24) is 9.13 Å². The summed E-state index contributed by atoms with van der Waals surface area (Å²) in [6, 6.07) is 202. The van der Waals surface area contributed by atoms with Crippen LogP contribution in [0.4, 0.5) is 34.1 Å². The topological polar surface area (TPSA) is 34.8 Å². The van der Waals surface area contributed by atoms with Crippen LogP contribution in [0.15, 0.2) is 540 Å². The molecule has 0 atom stereocenters. The predicted octanol–water partition coefficient (Wildman–Crippen LogP) is 34.9. The quantitative estimate of drug-likeness (QED) is 0.0958. The second-order valence-electron chi connectivity index (χ2n) is 38.8. The lowest BCUT2D eigenvalue weighted by atomic mass is 9.33. The highest BCUT2D eigenvalue weighted by Gasteiger charge is 2.52. The molecule has 0 aliphatic carbocycles. The van der Waals surface area contributed by atoms with Gasteiger partial charge in [-0.25, -0.2) is 0 Å². The maximum atomic E-state index is 7.71. The summed E-state index contributed by atoms with van der Waals surface area (Å²) < 4.78 is 19.9. The number of benzene rings is 23. The number of anilines is 6. The van der Waals surface area contributed by atoms with Gasteiger partial charge in [-0.15, -0.1) is 0 Å². The molecule has 4 aliphatic rings. The number of fused-ring (bicyclic) bond motifs is 18. The molecule has 23 aromatic carbocycles. The Morgan fingerprint density at radius 3 is 0.726 bits per heavy atom. The number of ether oxygens (including phenoxy) is 2. The molecule has 0 amide bonds. The van der Waals surface area contributed by atoms with Gasteiger partial charge in [0.15, 0.2) is 0 Å². The standard InChI is InChI=1S/C139H89BN4O2/c1-11-37-90(38-12-1)100-63-70-110-111-71-64-101(91-39-13-2-14-40-91)82-125(111)141(124(110)81-100)108-68-75-122-128(88-108)143(137-114(96-49-23-7-24-50-96)77-105(94-45-19-5-20-46-94)78-115(137)97-51-25-8-26-52-97)130-85-107(104-67-74-121-135(87-104)146-134-62-36-33-59-120(134)139(121)118-57-31-34-60-132(118)145-133-61-35-32-58-119(133)139)86-131-136(130)140(122)123-76-69-109(142-126-83-102(92-41-15-3-16-42-92)65-72-112(126)113-73-66-103(84-127(113)142)93-43-17-4-18-44-93)89-129(123)144(131)138-116(98-53-27-9-28-54-98)79-106(95-47-21-6-22-48-95)80-117(138)99-55-29-10-30-56-99/h1-89H. The SMILES string of the molecule is c1ccc(-c2cc(-c3ccccc3)c(N3c4cc(-n5c6cc(-c7ccccc7)ccc6c6ccc(-c7ccccc7)cc65)ccc4B4c5ccc(-n6c7cc(-c8ccccc8)ccc7c7ccc(-c8ccccc8)cc76)cc5N(c5c(-c6ccccc6)cc(-c6ccccc6)cc5-c5ccccc5)c5cc(-c6ccc7c(c6)Oc6ccccc6C76c7ccccc7Oc7ccccc76)cc3c54)c(-c3ccccc3)c2)cc1. The van der Waals surface area contributed by atoms with Crippen molar-refractivity contribution in [2.24, 2.45) is 0 Å². The van der Waals surface area contributed by atoms with E-state index in [-0.39, 0.29) is 0 Å². The average molecular weight is 1860 g/mol. The van der Waals surface area contributed by atoms with E-state index in [2.05, 4.69) is 559 Å². The van der Waals surface area contributed by atoms with Crippen LogP contribution in [-0.4, -0.2) is 15.8 Å². The van der Waals surface area contributed by atoms with Crippen molar-refractivity contribution < 1.29 is 9.47 Å². The summed E-state index contributed by atoms with van der Waals surface area (Å²) in [4.78, 5) is 5.45. The number of para-hydroxylation sites is 3. The first-order valence-corrected chi connectivity index (χ1v) is 50.3. The molecule has 680 valence electrons. The Kier molecular flexibility index (Phi) is 19.6. The van der Waals surface area contributed by atoms with Gasteiger partial charge in [-0.2, -0.15) is 0 Å². The first kappa shape index (κ1) is 83.9. The second-order valence-corrected chi connectivity index (χ2v) is 38.8. The lowest BCUT2D eigenvalue weighted by molar-refractivity contribution is 0.399. The normalized spacial score (nSPS) is 12.8. The van der Waals surface area contributed by atoms with Gasteiger partial charge in [0.1, 0.15) is 23.0 Å². The highest BCUT2D eigenvalue weighted by atomic mass is 16.5. The van der Waals surface area contributed by atoms with Crippen molar-refractivity contribution in [3.63, 3.8) is 0 Å². The number of aromatic nitrogens is 2. The molecule has 0 saturated heterocycles. The van der Waals surface area contributed by atoms with Gasteiger partial charge in [-0.1, -0.05) is 431 Å². The summed E-state index contributed by atoms with van der Waals surface area (Å²) in [5.74, 6) is 3.12. The Morgan fingerprint density at radius 2 is 0.418 bits per heavy atom. The third kappa shape index (κ3) is 13.5. The molecule has 1 spiro atoms. The minimum Gasteiger partial charge on any atom is -0.457 e. The Labute approximate surface area is 847 Å². The van der Waals surface area contributed by atoms with Crippen LogP contribution in [0.2, 0.25) is 0 Å². The number of rotatable bonds is 15. The van der Waals surface area contributed by atoms with Crippen molar-refractivity contribution in [3.8, 4) is 157 Å². The van der Waals surface area contributed by atoms with Crippen LogP contribution < -0.4 is 35.7 Å². The minimum absolute atomic E-state index is 0.459. The molecule has 25 aromatic rings. The lowest BCUT2D eigenvalue weighted by Gasteiger charge is -2.46. The van der Waals surface area contributed by atoms with E-state index in [0.29, 0.717) is 0 Å². The van der Waals surface area contributed by atoms with Gasteiger partial charge in [0.2, 0.25) is 0 Å². The Morgan fingerprint density at radius 1 is 0.171 bits per heavy atom. The van der Waals surface area contributed by atoms with Crippen molar-refractivity contribution in [3.05, 3.63) is 562 Å². The maximum Gasteiger partial charge on any atom is 0.252 e. The highest BCUT2D eigenvalue weighted by Crippen LogP contribution is 2.64. The summed E-state index contributed by atoms with van der Waals surface area (Å²) in [6.07, 6.45) is 0. The fourth-order valence-corrected chi connectivity index (χ4v) is 24.2. The molecule has 29 rings (SSSR count). The molecule has 0 fully saturated rings. The van der Waals surface area contributed by atoms with Crippen LogP contribution in [0, 0.1) is 0 Å². The average Bonchev–Trinajstić information content (AvgIpc) is 0.856. The van der Waals surface area contributed by atoms with Gasteiger partial charge in [0, 0.05) is 100 Å². The summed E-state index contributed by atoms with van der Waals surface area (Å²) in [5, 5.41) is 4.63. The first-order valence-electron chi connectivity index (χ1n) is 50.3. The zero-order valence-corrected chi connectivity index (χ0v) is 79.6. The van der Waals surface area contributed by atoms with Crippen LogP contribution in [0.1, 0.15) is 22.3 Å². The molecule has 2 aromatic heterocycles. The van der Waals surface area contributed by atoms with Gasteiger partial charge in [0.25, 0.3) is 6.71 Å². The van der Waals surface area contributed by atoms with Gasteiger partial charge in [0.05, 0.1) is 38.9 Å². The smallest absolute Gasteiger partial charge is 0.252 e. The molecule has 0 bridgehead atoms. The van der Waals surface area contributed by atoms with Crippen molar-refractivity contribution in [1.29, 1.82) is 0 Å². The fourth-order valence-electron chi connectivity index (χ4n) is 24.2. The largest absolute Gasteiger partial charge is 0.457 e. The first-order chi connectivity index (χ1) is 72.4. The van der Waals surface area contributed by atoms with Gasteiger partial charge in [-0.3, -0.25) is 0 Å². The van der Waals surface area contributed by atoms with Crippen LogP contribution in [0.3, 0.4) is 0 Å². The molecular weight excluding hydrogens is 1770 g/mol. The van der Waals surface area contributed by atoms with Crippen LogP contribution in [0.5, 0.6) is 23.0 Å². The fraction of sp³-hybridized carbons (Fsp3) is 0.00719. The van der Waals surface area contributed by atoms with E-state index in [9.17, 15) is 0 Å². The zero-order valence-electron chi connectivity index (χ0n) is 79.6. The molecule has 0 radical (unpaired) electrons. The van der Waals surface area contributed by atoms with Gasteiger partial charge in [-0.05, 0) is 226 Å². The number of hydrogen-bond donors (Lipinski definition) is 0. The third-order valence-electron chi connectivity index (χ3n) is 30.8. The maximum absolute atomic E-state index is 7.71. The van der Waals surface area contributed by atoms with E-state index in [4.69, 9.17) is 9.47 Å². The number of nitrogens with zero attached hydrogens (tertiary/aromatic N) is 4. The molecule has 146 heavy (non-hydrogen) atoms. The van der Waals surface area contributed by atoms with Gasteiger partial charge >= 0.3 is 0 Å². The Balaban J connectivity index is 0.798. The van der Waals surface area contributed by atoms with E-state index in [1.54, 1.807) is 0 Å². The van der Waals surface area contributed by atoms with Crippen LogP contribution >= 0.6 is 0 Å². The molecular formula is C139H89BN4O2. The van der Waals surface area contributed by atoms with Gasteiger partial charge < -0.3 is 28.4 Å². The Hall–Kier alpha value is -19.1. The van der Waals surface area contributed by atoms with Crippen molar-refractivity contribution >= 4 is 101 Å². The predicted molar refractivity (Wildman–Crippen MR) is 607 cm³/mol. The summed E-state index contributed by atoms with van der Waals surface area (Å²) in [5.41, 5.74) is 43.1. The van der Waals surface area contributed by atoms with E-state index < -0.39 is 12.1 Å². The molecule has 0 unspecified atom stereocenters. The summed E-state index contributed by atoms with van der Waals surface area (Å²) in [7, 11) is 0. The van der Waals surface area contributed by atoms with Crippen molar-refractivity contribution in [2.45, 2.75) is 5.41 Å². The van der Waals surface area contributed by atoms with Crippen LogP contribution in [-0.2, 0) is 5.41 Å². The summed E-state index contributed by atoms with van der Waals surface area (Å²) >= 11 is 0.